The Kier molecular flexibility index (Phi) is 3.85. The van der Waals surface area contributed by atoms with Crippen LogP contribution >= 0.6 is 0 Å². The number of amides is 1. The van der Waals surface area contributed by atoms with Gasteiger partial charge in [-0.2, -0.15) is 0 Å². The topological polar surface area (TPSA) is 86.6 Å². The highest BCUT2D eigenvalue weighted by atomic mass is 16.4. The zero-order chi connectivity index (χ0) is 13.9. The largest absolute Gasteiger partial charge is 0.478 e. The van der Waals surface area contributed by atoms with E-state index < -0.39 is 11.5 Å². The van der Waals surface area contributed by atoms with Crippen LogP contribution in [0.25, 0.3) is 0 Å². The van der Waals surface area contributed by atoms with Gasteiger partial charge in [0.15, 0.2) is 0 Å². The molecule has 0 atom stereocenters. The van der Waals surface area contributed by atoms with Crippen LogP contribution < -0.4 is 5.32 Å². The second-order valence-electron chi connectivity index (χ2n) is 4.98. The van der Waals surface area contributed by atoms with Crippen LogP contribution in [0, 0.1) is 0 Å². The molecular weight excluding hydrogens is 246 g/mol. The number of aliphatic hydroxyl groups is 1. The van der Waals surface area contributed by atoms with E-state index >= 15 is 0 Å². The molecule has 2 rings (SSSR count). The Hall–Kier alpha value is -1.88. The van der Waals surface area contributed by atoms with E-state index in [1.54, 1.807) is 18.2 Å². The van der Waals surface area contributed by atoms with Gasteiger partial charge in [0.1, 0.15) is 0 Å². The van der Waals surface area contributed by atoms with Crippen molar-refractivity contribution in [3.63, 3.8) is 0 Å². The zero-order valence-electron chi connectivity index (χ0n) is 10.6. The van der Waals surface area contributed by atoms with E-state index in [0.29, 0.717) is 5.56 Å². The van der Waals surface area contributed by atoms with Gasteiger partial charge in [-0.15, -0.1) is 0 Å². The molecule has 0 bridgehead atoms. The minimum atomic E-state index is -1.04. The summed E-state index contributed by atoms with van der Waals surface area (Å²) in [6, 6.07) is 6.46. The van der Waals surface area contributed by atoms with Crippen LogP contribution in [0.5, 0.6) is 0 Å². The molecule has 1 aliphatic rings. The van der Waals surface area contributed by atoms with E-state index in [4.69, 9.17) is 5.11 Å². The molecule has 19 heavy (non-hydrogen) atoms. The summed E-state index contributed by atoms with van der Waals surface area (Å²) in [7, 11) is 0. The molecule has 1 amide bonds. The van der Waals surface area contributed by atoms with Crippen molar-refractivity contribution in [1.82, 2.24) is 5.32 Å². The second kappa shape index (κ2) is 5.40. The van der Waals surface area contributed by atoms with Gasteiger partial charge in [-0.25, -0.2) is 4.79 Å². The van der Waals surface area contributed by atoms with Crippen LogP contribution in [-0.4, -0.2) is 34.2 Å². The first-order valence-electron chi connectivity index (χ1n) is 6.29. The highest BCUT2D eigenvalue weighted by Gasteiger charge is 2.37. The molecule has 1 fully saturated rings. The summed E-state index contributed by atoms with van der Waals surface area (Å²) in [5.74, 6) is -1.29. The summed E-state index contributed by atoms with van der Waals surface area (Å²) < 4.78 is 0. The third-order valence-electron chi connectivity index (χ3n) is 3.62. The normalized spacial score (nSPS) is 16.5. The number of nitrogens with one attached hydrogen (secondary N) is 1. The zero-order valence-corrected chi connectivity index (χ0v) is 10.6. The van der Waals surface area contributed by atoms with Crippen LogP contribution in [0.1, 0.15) is 35.2 Å². The molecule has 5 nitrogen and oxygen atoms in total. The number of benzene rings is 1. The minimum Gasteiger partial charge on any atom is -0.478 e. The molecule has 0 unspecified atom stereocenters. The first-order chi connectivity index (χ1) is 9.06. The van der Waals surface area contributed by atoms with E-state index in [1.807, 2.05) is 0 Å². The molecule has 1 aromatic carbocycles. The fraction of sp³-hybridized carbons (Fsp3) is 0.429. The molecule has 0 saturated heterocycles. The van der Waals surface area contributed by atoms with E-state index in [0.717, 1.165) is 19.3 Å². The molecule has 3 N–H and O–H groups in total. The highest BCUT2D eigenvalue weighted by Crippen LogP contribution is 2.31. The SMILES string of the molecule is O=C(Cc1ccccc1C(=O)O)NC1(CO)CCC1. The molecule has 1 saturated carbocycles. The molecule has 0 spiro atoms. The number of hydrogen-bond acceptors (Lipinski definition) is 3. The monoisotopic (exact) mass is 263 g/mol. The highest BCUT2D eigenvalue weighted by molar-refractivity contribution is 5.91. The van der Waals surface area contributed by atoms with Gasteiger partial charge in [-0.1, -0.05) is 18.2 Å². The summed E-state index contributed by atoms with van der Waals surface area (Å²) in [5.41, 5.74) is 0.138. The third kappa shape index (κ3) is 2.93. The maximum absolute atomic E-state index is 11.9. The molecule has 0 heterocycles. The summed E-state index contributed by atoms with van der Waals surface area (Å²) >= 11 is 0. The van der Waals surface area contributed by atoms with Gasteiger partial charge in [0.05, 0.1) is 24.1 Å². The Morgan fingerprint density at radius 1 is 1.26 bits per heavy atom. The molecule has 5 heteroatoms. The lowest BCUT2D eigenvalue weighted by Gasteiger charge is -2.41. The van der Waals surface area contributed by atoms with E-state index in [9.17, 15) is 14.7 Å². The Balaban J connectivity index is 2.05. The number of carboxylic acid groups (broad SMARTS) is 1. The van der Waals surface area contributed by atoms with Gasteiger partial charge >= 0.3 is 5.97 Å². The Morgan fingerprint density at radius 2 is 1.95 bits per heavy atom. The maximum Gasteiger partial charge on any atom is 0.335 e. The fourth-order valence-corrected chi connectivity index (χ4v) is 2.32. The van der Waals surface area contributed by atoms with E-state index in [-0.39, 0.29) is 24.5 Å². The summed E-state index contributed by atoms with van der Waals surface area (Å²) in [6.45, 7) is -0.0701. The minimum absolute atomic E-state index is 0.0181. The van der Waals surface area contributed by atoms with E-state index in [1.165, 1.54) is 6.07 Å². The average Bonchev–Trinajstić information content (AvgIpc) is 2.34. The molecule has 0 radical (unpaired) electrons. The number of carbonyl (C=O) groups excluding carboxylic acids is 1. The molecular formula is C14H17NO4. The van der Waals surface area contributed by atoms with Crippen molar-refractivity contribution in [2.45, 2.75) is 31.2 Å². The smallest absolute Gasteiger partial charge is 0.335 e. The van der Waals surface area contributed by atoms with Gasteiger partial charge in [0.25, 0.3) is 0 Å². The van der Waals surface area contributed by atoms with Crippen LogP contribution in [0.4, 0.5) is 0 Å². The molecule has 0 aliphatic heterocycles. The van der Waals surface area contributed by atoms with Crippen LogP contribution in [0.3, 0.4) is 0 Å². The fourth-order valence-electron chi connectivity index (χ4n) is 2.32. The van der Waals surface area contributed by atoms with Crippen molar-refractivity contribution >= 4 is 11.9 Å². The van der Waals surface area contributed by atoms with Crippen molar-refractivity contribution in [1.29, 1.82) is 0 Å². The number of aliphatic hydroxyl groups excluding tert-OH is 1. The molecule has 1 aliphatic carbocycles. The van der Waals surface area contributed by atoms with Gasteiger partial charge in [0, 0.05) is 0 Å². The Labute approximate surface area is 111 Å². The van der Waals surface area contributed by atoms with Crippen molar-refractivity contribution in [2.24, 2.45) is 0 Å². The van der Waals surface area contributed by atoms with Gasteiger partial charge < -0.3 is 15.5 Å². The lowest BCUT2D eigenvalue weighted by Crippen LogP contribution is -2.56. The van der Waals surface area contributed by atoms with Crippen molar-refractivity contribution in [2.75, 3.05) is 6.61 Å². The Morgan fingerprint density at radius 3 is 2.47 bits per heavy atom. The lowest BCUT2D eigenvalue weighted by atomic mass is 9.77. The maximum atomic E-state index is 11.9. The van der Waals surface area contributed by atoms with Gasteiger partial charge in [-0.3, -0.25) is 4.79 Å². The Bertz CT molecular complexity index is 488. The van der Waals surface area contributed by atoms with Crippen LogP contribution in [0.2, 0.25) is 0 Å². The number of hydrogen-bond donors (Lipinski definition) is 3. The number of aromatic carboxylic acids is 1. The molecule has 102 valence electrons. The average molecular weight is 263 g/mol. The number of carboxylic acids is 1. The van der Waals surface area contributed by atoms with Crippen molar-refractivity contribution in [3.05, 3.63) is 35.4 Å². The standard InChI is InChI=1S/C14H17NO4/c16-9-14(6-3-7-14)15-12(17)8-10-4-1-2-5-11(10)13(18)19/h1-2,4-5,16H,3,6-9H2,(H,15,17)(H,18,19). The van der Waals surface area contributed by atoms with Crippen LogP contribution in [0.15, 0.2) is 24.3 Å². The van der Waals surface area contributed by atoms with Gasteiger partial charge in [0.2, 0.25) is 5.91 Å². The first kappa shape index (κ1) is 13.5. The van der Waals surface area contributed by atoms with Crippen molar-refractivity contribution in [3.8, 4) is 0 Å². The molecule has 1 aromatic rings. The summed E-state index contributed by atoms with van der Waals surface area (Å²) in [5, 5.41) is 21.1. The first-order valence-corrected chi connectivity index (χ1v) is 6.29. The summed E-state index contributed by atoms with van der Waals surface area (Å²) in [6.07, 6.45) is 2.56. The van der Waals surface area contributed by atoms with Crippen LogP contribution in [-0.2, 0) is 11.2 Å². The van der Waals surface area contributed by atoms with E-state index in [2.05, 4.69) is 5.32 Å². The number of carbonyl (C=O) groups is 2. The van der Waals surface area contributed by atoms with Crippen molar-refractivity contribution < 1.29 is 19.8 Å². The quantitative estimate of drug-likeness (QED) is 0.738. The second-order valence-corrected chi connectivity index (χ2v) is 4.98. The predicted octanol–water partition coefficient (Wildman–Crippen LogP) is 0.958. The molecule has 0 aromatic heterocycles. The lowest BCUT2D eigenvalue weighted by molar-refractivity contribution is -0.124. The third-order valence-corrected chi connectivity index (χ3v) is 3.62. The summed E-state index contributed by atoms with van der Waals surface area (Å²) in [4.78, 5) is 23.0. The predicted molar refractivity (Wildman–Crippen MR) is 68.9 cm³/mol. The van der Waals surface area contributed by atoms with Gasteiger partial charge in [-0.05, 0) is 30.9 Å². The number of rotatable bonds is 5.